The molecule has 122 valence electrons. The van der Waals surface area contributed by atoms with Gasteiger partial charge in [0.2, 0.25) is 5.91 Å². The maximum Gasteiger partial charge on any atom is 0.317 e. The van der Waals surface area contributed by atoms with Gasteiger partial charge in [0.15, 0.2) is 0 Å². The first-order chi connectivity index (χ1) is 11.6. The number of halogens is 1. The molecular formula is C17H14ClN3O3. The first-order valence-corrected chi connectivity index (χ1v) is 7.66. The molecule has 2 N–H and O–H groups in total. The second-order valence-electron chi connectivity index (χ2n) is 5.23. The zero-order valence-electron chi connectivity index (χ0n) is 12.6. The van der Waals surface area contributed by atoms with Crippen LogP contribution in [-0.2, 0) is 17.9 Å². The van der Waals surface area contributed by atoms with E-state index in [9.17, 15) is 14.4 Å². The second kappa shape index (κ2) is 6.72. The number of nitrogens with one attached hydrogen (secondary N) is 2. The van der Waals surface area contributed by atoms with Gasteiger partial charge in [-0.05, 0) is 23.8 Å². The first kappa shape index (κ1) is 16.0. The molecule has 6 nitrogen and oxygen atoms in total. The number of fused-ring (bicyclic) bond motifs is 1. The number of amides is 1. The van der Waals surface area contributed by atoms with Crippen LogP contribution in [0.2, 0.25) is 5.02 Å². The predicted molar refractivity (Wildman–Crippen MR) is 92.1 cm³/mol. The number of para-hydroxylation sites is 2. The van der Waals surface area contributed by atoms with Gasteiger partial charge in [0.05, 0.1) is 11.0 Å². The van der Waals surface area contributed by atoms with Crippen LogP contribution in [0.25, 0.3) is 11.0 Å². The summed E-state index contributed by atoms with van der Waals surface area (Å²) in [5, 5.41) is 3.26. The van der Waals surface area contributed by atoms with Gasteiger partial charge in [-0.15, -0.1) is 0 Å². The van der Waals surface area contributed by atoms with Crippen molar-refractivity contribution in [2.24, 2.45) is 0 Å². The lowest BCUT2D eigenvalue weighted by Gasteiger charge is -2.10. The summed E-state index contributed by atoms with van der Waals surface area (Å²) in [7, 11) is 0. The van der Waals surface area contributed by atoms with E-state index in [1.165, 1.54) is 0 Å². The predicted octanol–water partition coefficient (Wildman–Crippen LogP) is 1.66. The number of hydrogen-bond acceptors (Lipinski definition) is 3. The molecule has 3 rings (SSSR count). The summed E-state index contributed by atoms with van der Waals surface area (Å²) >= 11 is 6.04. The fourth-order valence-corrected chi connectivity index (χ4v) is 2.62. The molecule has 1 amide bonds. The summed E-state index contributed by atoms with van der Waals surface area (Å²) in [6, 6.07) is 14.0. The monoisotopic (exact) mass is 343 g/mol. The fraction of sp³-hybridized carbons (Fsp3) is 0.118. The van der Waals surface area contributed by atoms with Crippen molar-refractivity contribution in [3.63, 3.8) is 0 Å². The molecule has 0 aliphatic heterocycles. The number of aromatic nitrogens is 2. The standard InChI is InChI=1S/C17H14ClN3O3/c18-12-6-2-1-5-11(12)9-19-15(22)10-21-14-8-4-3-7-13(14)20-16(23)17(21)24/h1-8H,9-10H2,(H,19,22)(H,20,23). The molecule has 0 unspecified atom stereocenters. The summed E-state index contributed by atoms with van der Waals surface area (Å²) in [6.45, 7) is 0.00208. The number of H-pyrrole nitrogens is 1. The van der Waals surface area contributed by atoms with Crippen LogP contribution in [0.3, 0.4) is 0 Å². The third-order valence-corrected chi connectivity index (χ3v) is 3.99. The Labute approximate surface area is 141 Å². The molecule has 0 bridgehead atoms. The highest BCUT2D eigenvalue weighted by Crippen LogP contribution is 2.14. The van der Waals surface area contributed by atoms with E-state index in [-0.39, 0.29) is 19.0 Å². The molecule has 0 aliphatic carbocycles. The molecule has 7 heteroatoms. The lowest BCUT2D eigenvalue weighted by molar-refractivity contribution is -0.121. The van der Waals surface area contributed by atoms with Crippen molar-refractivity contribution < 1.29 is 4.79 Å². The van der Waals surface area contributed by atoms with Gasteiger partial charge in [0.25, 0.3) is 0 Å². The average molecular weight is 344 g/mol. The van der Waals surface area contributed by atoms with Crippen molar-refractivity contribution in [2.45, 2.75) is 13.1 Å². The number of nitrogens with zero attached hydrogens (tertiary/aromatic N) is 1. The van der Waals surface area contributed by atoms with E-state index in [0.29, 0.717) is 16.1 Å². The molecule has 1 heterocycles. The van der Waals surface area contributed by atoms with E-state index in [4.69, 9.17) is 11.6 Å². The van der Waals surface area contributed by atoms with E-state index in [0.717, 1.165) is 10.1 Å². The molecule has 24 heavy (non-hydrogen) atoms. The van der Waals surface area contributed by atoms with Crippen molar-refractivity contribution in [1.82, 2.24) is 14.9 Å². The van der Waals surface area contributed by atoms with Crippen LogP contribution < -0.4 is 16.4 Å². The van der Waals surface area contributed by atoms with Gasteiger partial charge >= 0.3 is 11.1 Å². The van der Waals surface area contributed by atoms with Crippen molar-refractivity contribution in [3.8, 4) is 0 Å². The van der Waals surface area contributed by atoms with Gasteiger partial charge in [-0.1, -0.05) is 41.9 Å². The molecule has 2 aromatic carbocycles. The number of carbonyl (C=O) groups excluding carboxylic acids is 1. The van der Waals surface area contributed by atoms with E-state index in [1.807, 2.05) is 6.07 Å². The Morgan fingerprint density at radius 3 is 2.58 bits per heavy atom. The van der Waals surface area contributed by atoms with Crippen LogP contribution >= 0.6 is 11.6 Å². The Balaban J connectivity index is 1.83. The van der Waals surface area contributed by atoms with E-state index >= 15 is 0 Å². The molecule has 0 saturated carbocycles. The molecule has 0 spiro atoms. The van der Waals surface area contributed by atoms with Gasteiger partial charge in [-0.3, -0.25) is 19.0 Å². The van der Waals surface area contributed by atoms with Crippen LogP contribution in [0.15, 0.2) is 58.1 Å². The molecule has 0 radical (unpaired) electrons. The maximum atomic E-state index is 12.2. The Morgan fingerprint density at radius 2 is 1.79 bits per heavy atom. The summed E-state index contributed by atoms with van der Waals surface area (Å²) in [5.41, 5.74) is 0.251. The van der Waals surface area contributed by atoms with Crippen LogP contribution in [0.1, 0.15) is 5.56 Å². The van der Waals surface area contributed by atoms with E-state index in [2.05, 4.69) is 10.3 Å². The molecule has 0 aliphatic rings. The van der Waals surface area contributed by atoms with Crippen LogP contribution in [0.5, 0.6) is 0 Å². The van der Waals surface area contributed by atoms with Gasteiger partial charge < -0.3 is 10.3 Å². The van der Waals surface area contributed by atoms with Crippen molar-refractivity contribution in [2.75, 3.05) is 0 Å². The summed E-state index contributed by atoms with van der Waals surface area (Å²) in [5.74, 6) is -0.382. The lowest BCUT2D eigenvalue weighted by Crippen LogP contribution is -2.40. The number of benzene rings is 2. The summed E-state index contributed by atoms with van der Waals surface area (Å²) in [4.78, 5) is 38.5. The number of carbonyl (C=O) groups is 1. The Bertz CT molecular complexity index is 1020. The molecule has 1 aromatic heterocycles. The fourth-order valence-electron chi connectivity index (χ4n) is 2.41. The molecule has 0 fully saturated rings. The van der Waals surface area contributed by atoms with Crippen LogP contribution in [0.4, 0.5) is 0 Å². The number of rotatable bonds is 4. The molecule has 0 saturated heterocycles. The summed E-state index contributed by atoms with van der Waals surface area (Å²) in [6.07, 6.45) is 0. The Kier molecular flexibility index (Phi) is 4.48. The Hall–Kier alpha value is -2.86. The average Bonchev–Trinajstić information content (AvgIpc) is 2.58. The lowest BCUT2D eigenvalue weighted by atomic mass is 10.2. The maximum absolute atomic E-state index is 12.2. The third kappa shape index (κ3) is 3.23. The normalized spacial score (nSPS) is 10.7. The zero-order chi connectivity index (χ0) is 17.1. The number of hydrogen-bond donors (Lipinski definition) is 2. The van der Waals surface area contributed by atoms with Crippen molar-refractivity contribution in [1.29, 1.82) is 0 Å². The van der Waals surface area contributed by atoms with Gasteiger partial charge in [-0.2, -0.15) is 0 Å². The first-order valence-electron chi connectivity index (χ1n) is 7.28. The third-order valence-electron chi connectivity index (χ3n) is 3.62. The van der Waals surface area contributed by atoms with E-state index < -0.39 is 11.1 Å². The minimum Gasteiger partial charge on any atom is -0.350 e. The van der Waals surface area contributed by atoms with Crippen LogP contribution in [-0.4, -0.2) is 15.5 Å². The van der Waals surface area contributed by atoms with Gasteiger partial charge in [0, 0.05) is 11.6 Å². The number of aromatic amines is 1. The minimum atomic E-state index is -0.762. The van der Waals surface area contributed by atoms with Crippen LogP contribution in [0, 0.1) is 0 Å². The van der Waals surface area contributed by atoms with Gasteiger partial charge in [0.1, 0.15) is 6.54 Å². The van der Waals surface area contributed by atoms with Crippen molar-refractivity contribution >= 4 is 28.5 Å². The highest BCUT2D eigenvalue weighted by atomic mass is 35.5. The highest BCUT2D eigenvalue weighted by molar-refractivity contribution is 6.31. The van der Waals surface area contributed by atoms with Gasteiger partial charge in [-0.25, -0.2) is 0 Å². The van der Waals surface area contributed by atoms with E-state index in [1.54, 1.807) is 42.5 Å². The molecular weight excluding hydrogens is 330 g/mol. The summed E-state index contributed by atoms with van der Waals surface area (Å²) < 4.78 is 1.16. The zero-order valence-corrected chi connectivity index (χ0v) is 13.3. The second-order valence-corrected chi connectivity index (χ2v) is 5.64. The molecule has 0 atom stereocenters. The minimum absolute atomic E-state index is 0.242. The molecule has 3 aromatic rings. The largest absolute Gasteiger partial charge is 0.350 e. The topological polar surface area (TPSA) is 84.0 Å². The Morgan fingerprint density at radius 1 is 1.08 bits per heavy atom. The quantitative estimate of drug-likeness (QED) is 0.707. The SMILES string of the molecule is O=C(Cn1c(=O)c(=O)[nH]c2ccccc21)NCc1ccccc1Cl. The smallest absolute Gasteiger partial charge is 0.317 e. The van der Waals surface area contributed by atoms with Crippen molar-refractivity contribution in [3.05, 3.63) is 79.8 Å². The highest BCUT2D eigenvalue weighted by Gasteiger charge is 2.11.